The predicted molar refractivity (Wildman–Crippen MR) is 88.8 cm³/mol. The van der Waals surface area contributed by atoms with E-state index in [1.807, 2.05) is 13.0 Å². The number of hydrogen-bond donors (Lipinski definition) is 1. The number of halogens is 1. The lowest BCUT2D eigenvalue weighted by molar-refractivity contribution is 0.291. The van der Waals surface area contributed by atoms with Crippen LogP contribution in [0.25, 0.3) is 0 Å². The van der Waals surface area contributed by atoms with Crippen LogP contribution in [0.2, 0.25) is 0 Å². The molecule has 1 heterocycles. The minimum Gasteiger partial charge on any atom is -0.316 e. The van der Waals surface area contributed by atoms with Crippen LogP contribution in [0, 0.1) is 5.92 Å². The van der Waals surface area contributed by atoms with Gasteiger partial charge in [-0.25, -0.2) is 8.42 Å². The Kier molecular flexibility index (Phi) is 6.22. The number of benzene rings is 1. The van der Waals surface area contributed by atoms with Gasteiger partial charge in [-0.3, -0.25) is 0 Å². The molecule has 1 atom stereocenters. The van der Waals surface area contributed by atoms with Gasteiger partial charge < -0.3 is 5.32 Å². The van der Waals surface area contributed by atoms with Crippen LogP contribution in [-0.4, -0.2) is 38.9 Å². The van der Waals surface area contributed by atoms with Crippen molar-refractivity contribution in [3.8, 4) is 0 Å². The molecule has 2 rings (SSSR count). The smallest absolute Gasteiger partial charge is 0.244 e. The first-order valence-electron chi connectivity index (χ1n) is 7.51. The molecule has 1 fully saturated rings. The number of nitrogens with zero attached hydrogens (tertiary/aromatic N) is 1. The average Bonchev–Trinajstić information content (AvgIpc) is 2.48. The van der Waals surface area contributed by atoms with Gasteiger partial charge in [0.2, 0.25) is 10.0 Å². The zero-order valence-corrected chi connectivity index (χ0v) is 14.8. The van der Waals surface area contributed by atoms with Crippen molar-refractivity contribution in [2.24, 2.45) is 5.92 Å². The van der Waals surface area contributed by atoms with Crippen LogP contribution in [0.3, 0.4) is 0 Å². The monoisotopic (exact) mass is 374 g/mol. The van der Waals surface area contributed by atoms with Crippen molar-refractivity contribution in [1.82, 2.24) is 9.62 Å². The molecule has 21 heavy (non-hydrogen) atoms. The van der Waals surface area contributed by atoms with E-state index in [1.165, 1.54) is 0 Å². The fourth-order valence-corrected chi connectivity index (χ4v) is 5.29. The lowest BCUT2D eigenvalue weighted by atomic mass is 10.00. The summed E-state index contributed by atoms with van der Waals surface area (Å²) >= 11 is 3.36. The Balaban J connectivity index is 2.21. The van der Waals surface area contributed by atoms with Crippen LogP contribution >= 0.6 is 15.9 Å². The van der Waals surface area contributed by atoms with Crippen molar-refractivity contribution in [3.05, 3.63) is 28.7 Å². The van der Waals surface area contributed by atoms with Crippen molar-refractivity contribution in [3.63, 3.8) is 0 Å². The number of nitrogens with one attached hydrogen (secondary N) is 1. The first kappa shape index (κ1) is 16.9. The molecule has 118 valence electrons. The van der Waals surface area contributed by atoms with E-state index in [2.05, 4.69) is 21.2 Å². The Morgan fingerprint density at radius 2 is 2.14 bits per heavy atom. The topological polar surface area (TPSA) is 49.4 Å². The van der Waals surface area contributed by atoms with E-state index in [9.17, 15) is 8.42 Å². The van der Waals surface area contributed by atoms with Crippen LogP contribution in [0.15, 0.2) is 33.6 Å². The third-order valence-electron chi connectivity index (χ3n) is 3.79. The highest BCUT2D eigenvalue weighted by molar-refractivity contribution is 9.10. The average molecular weight is 375 g/mol. The molecule has 1 aliphatic rings. The van der Waals surface area contributed by atoms with Gasteiger partial charge in [0.15, 0.2) is 0 Å². The molecule has 0 aromatic heterocycles. The Bertz CT molecular complexity index is 557. The molecule has 6 heteroatoms. The van der Waals surface area contributed by atoms with Gasteiger partial charge in [-0.05, 0) is 66.3 Å². The minimum atomic E-state index is -3.43. The molecule has 1 aromatic carbocycles. The van der Waals surface area contributed by atoms with Gasteiger partial charge in [-0.1, -0.05) is 19.1 Å². The molecule has 4 nitrogen and oxygen atoms in total. The van der Waals surface area contributed by atoms with Crippen molar-refractivity contribution >= 4 is 26.0 Å². The summed E-state index contributed by atoms with van der Waals surface area (Å²) in [6, 6.07) is 7.04. The molecule has 0 radical (unpaired) electrons. The number of rotatable bonds is 6. The highest BCUT2D eigenvalue weighted by atomic mass is 79.9. The van der Waals surface area contributed by atoms with Crippen LogP contribution in [0.5, 0.6) is 0 Å². The molecule has 0 amide bonds. The summed E-state index contributed by atoms with van der Waals surface area (Å²) in [5.41, 5.74) is 0. The normalized spacial score (nSPS) is 19.9. The zero-order chi connectivity index (χ0) is 15.3. The lowest BCUT2D eigenvalue weighted by Gasteiger charge is -2.29. The highest BCUT2D eigenvalue weighted by Crippen LogP contribution is 2.26. The fraction of sp³-hybridized carbons (Fsp3) is 0.600. The van der Waals surface area contributed by atoms with E-state index in [-0.39, 0.29) is 0 Å². The predicted octanol–water partition coefficient (Wildman–Crippen LogP) is 2.85. The second-order valence-corrected chi connectivity index (χ2v) is 8.27. The van der Waals surface area contributed by atoms with Crippen molar-refractivity contribution in [2.75, 3.05) is 26.2 Å². The molecular weight excluding hydrogens is 352 g/mol. The van der Waals surface area contributed by atoms with Crippen LogP contribution in [0.1, 0.15) is 26.2 Å². The maximum Gasteiger partial charge on any atom is 0.244 e. The molecule has 0 spiro atoms. The Hall–Kier alpha value is -0.430. The van der Waals surface area contributed by atoms with Gasteiger partial charge in [-0.15, -0.1) is 0 Å². The van der Waals surface area contributed by atoms with Crippen molar-refractivity contribution in [2.45, 2.75) is 31.1 Å². The van der Waals surface area contributed by atoms with E-state index in [0.29, 0.717) is 28.4 Å². The lowest BCUT2D eigenvalue weighted by Crippen LogP contribution is -2.41. The van der Waals surface area contributed by atoms with Gasteiger partial charge in [0.25, 0.3) is 0 Å². The molecular formula is C15H23BrN2O2S. The van der Waals surface area contributed by atoms with Crippen LogP contribution in [0.4, 0.5) is 0 Å². The van der Waals surface area contributed by atoms with Gasteiger partial charge in [-0.2, -0.15) is 4.31 Å². The number of piperidine rings is 1. The third kappa shape index (κ3) is 4.28. The number of sulfonamides is 1. The van der Waals surface area contributed by atoms with Crippen molar-refractivity contribution < 1.29 is 8.42 Å². The molecule has 1 N–H and O–H groups in total. The number of hydrogen-bond acceptors (Lipinski definition) is 3. The van der Waals surface area contributed by atoms with Gasteiger partial charge in [0.1, 0.15) is 0 Å². The van der Waals surface area contributed by atoms with Crippen LogP contribution in [-0.2, 0) is 10.0 Å². The SMILES string of the molecule is CCCN(CC1CCCNC1)S(=O)(=O)c1ccccc1Br. The summed E-state index contributed by atoms with van der Waals surface area (Å²) < 4.78 is 28.1. The van der Waals surface area contributed by atoms with E-state index >= 15 is 0 Å². The summed E-state index contributed by atoms with van der Waals surface area (Å²) in [7, 11) is -3.43. The zero-order valence-electron chi connectivity index (χ0n) is 12.4. The Morgan fingerprint density at radius 1 is 1.38 bits per heavy atom. The minimum absolute atomic E-state index is 0.363. The third-order valence-corrected chi connectivity index (χ3v) is 6.67. The second kappa shape index (κ2) is 7.72. The standard InChI is InChI=1S/C15H23BrN2O2S/c1-2-10-18(12-13-6-5-9-17-11-13)21(19,20)15-8-4-3-7-14(15)16/h3-4,7-8,13,17H,2,5-6,9-12H2,1H3. The molecule has 0 bridgehead atoms. The molecule has 0 aliphatic carbocycles. The van der Waals surface area contributed by atoms with Crippen molar-refractivity contribution in [1.29, 1.82) is 0 Å². The first-order chi connectivity index (χ1) is 10.1. The molecule has 1 unspecified atom stereocenters. The largest absolute Gasteiger partial charge is 0.316 e. The van der Waals surface area contributed by atoms with E-state index in [0.717, 1.165) is 32.4 Å². The first-order valence-corrected chi connectivity index (χ1v) is 9.74. The van der Waals surface area contributed by atoms with Crippen LogP contribution < -0.4 is 5.32 Å². The van der Waals surface area contributed by atoms with E-state index in [1.54, 1.807) is 22.5 Å². The van der Waals surface area contributed by atoms with Gasteiger partial charge in [0.05, 0.1) is 4.90 Å². The summed E-state index contributed by atoms with van der Waals surface area (Å²) in [5, 5.41) is 3.35. The summed E-state index contributed by atoms with van der Waals surface area (Å²) in [5.74, 6) is 0.405. The second-order valence-electron chi connectivity index (χ2n) is 5.51. The Labute approximate surface area is 136 Å². The van der Waals surface area contributed by atoms with Gasteiger partial charge >= 0.3 is 0 Å². The Morgan fingerprint density at radius 3 is 2.76 bits per heavy atom. The molecule has 0 saturated carbocycles. The summed E-state index contributed by atoms with van der Waals surface area (Å²) in [6.45, 7) is 5.14. The molecule has 1 saturated heterocycles. The summed E-state index contributed by atoms with van der Waals surface area (Å²) in [6.07, 6.45) is 3.04. The highest BCUT2D eigenvalue weighted by Gasteiger charge is 2.28. The molecule has 1 aromatic rings. The maximum atomic E-state index is 12.9. The van der Waals surface area contributed by atoms with E-state index < -0.39 is 10.0 Å². The summed E-state index contributed by atoms with van der Waals surface area (Å²) in [4.78, 5) is 0.363. The molecule has 1 aliphatic heterocycles. The maximum absolute atomic E-state index is 12.9. The van der Waals surface area contributed by atoms with E-state index in [4.69, 9.17) is 0 Å². The fourth-order valence-electron chi connectivity index (χ4n) is 2.72. The van der Waals surface area contributed by atoms with Gasteiger partial charge in [0, 0.05) is 17.6 Å². The quantitative estimate of drug-likeness (QED) is 0.832.